The summed E-state index contributed by atoms with van der Waals surface area (Å²) in [4.78, 5) is 26.5. The van der Waals surface area contributed by atoms with Crippen LogP contribution in [0, 0.1) is 5.92 Å². The maximum Gasteiger partial charge on any atom is 0.231 e. The van der Waals surface area contributed by atoms with Crippen molar-refractivity contribution in [1.29, 1.82) is 0 Å². The number of halogens is 2. The van der Waals surface area contributed by atoms with E-state index >= 15 is 0 Å². The minimum absolute atomic E-state index is 0.113. The van der Waals surface area contributed by atoms with Gasteiger partial charge in [0.25, 0.3) is 0 Å². The van der Waals surface area contributed by atoms with Crippen molar-refractivity contribution < 1.29 is 19.1 Å². The van der Waals surface area contributed by atoms with Crippen LogP contribution in [0.25, 0.3) is 0 Å². The van der Waals surface area contributed by atoms with E-state index in [0.29, 0.717) is 32.9 Å². The predicted molar refractivity (Wildman–Crippen MR) is 98.1 cm³/mol. The van der Waals surface area contributed by atoms with Crippen LogP contribution in [-0.2, 0) is 9.59 Å². The number of hydrogen-bond donors (Lipinski definition) is 1. The number of ether oxygens (including phenoxy) is 2. The number of anilines is 2. The number of carbonyl (C=O) groups excluding carboxylic acids is 2. The maximum atomic E-state index is 12.6. The molecule has 0 bridgehead atoms. The number of nitrogens with one attached hydrogen (secondary N) is 1. The first-order chi connectivity index (χ1) is 12.5. The van der Waals surface area contributed by atoms with Gasteiger partial charge < -0.3 is 19.7 Å². The number of benzene rings is 2. The van der Waals surface area contributed by atoms with E-state index in [-0.39, 0.29) is 31.6 Å². The van der Waals surface area contributed by atoms with E-state index in [1.165, 1.54) is 0 Å². The molecule has 0 aliphatic carbocycles. The SMILES string of the molecule is O=C(Nc1c(Cl)cccc1Cl)C1CC(=O)N(c2ccc3c(c2)OCO3)C1. The van der Waals surface area contributed by atoms with Crippen LogP contribution in [0.3, 0.4) is 0 Å². The van der Waals surface area contributed by atoms with E-state index in [9.17, 15) is 9.59 Å². The lowest BCUT2D eigenvalue weighted by Crippen LogP contribution is -2.28. The van der Waals surface area contributed by atoms with Crippen LogP contribution in [-0.4, -0.2) is 25.2 Å². The molecule has 8 heteroatoms. The number of nitrogens with zero attached hydrogens (tertiary/aromatic N) is 1. The summed E-state index contributed by atoms with van der Waals surface area (Å²) in [6.07, 6.45) is 0.113. The molecule has 1 unspecified atom stereocenters. The molecule has 2 aromatic rings. The van der Waals surface area contributed by atoms with Gasteiger partial charge in [0.2, 0.25) is 18.6 Å². The molecule has 0 spiro atoms. The minimum Gasteiger partial charge on any atom is -0.454 e. The highest BCUT2D eigenvalue weighted by atomic mass is 35.5. The molecule has 6 nitrogen and oxygen atoms in total. The molecule has 0 radical (unpaired) electrons. The van der Waals surface area contributed by atoms with Gasteiger partial charge in [0.05, 0.1) is 21.7 Å². The lowest BCUT2D eigenvalue weighted by molar-refractivity contribution is -0.122. The average Bonchev–Trinajstić information content (AvgIpc) is 3.23. The van der Waals surface area contributed by atoms with Crippen LogP contribution in [0.1, 0.15) is 6.42 Å². The molecule has 26 heavy (non-hydrogen) atoms. The highest BCUT2D eigenvalue weighted by molar-refractivity contribution is 6.39. The third-order valence-corrected chi connectivity index (χ3v) is 5.00. The van der Waals surface area contributed by atoms with Crippen molar-refractivity contribution in [2.24, 2.45) is 5.92 Å². The van der Waals surface area contributed by atoms with Crippen LogP contribution >= 0.6 is 23.2 Å². The molecule has 4 rings (SSSR count). The molecule has 1 saturated heterocycles. The topological polar surface area (TPSA) is 67.9 Å². The number of rotatable bonds is 3. The summed E-state index contributed by atoms with van der Waals surface area (Å²) < 4.78 is 10.6. The minimum atomic E-state index is -0.500. The molecule has 2 aliphatic rings. The fraction of sp³-hybridized carbons (Fsp3) is 0.222. The monoisotopic (exact) mass is 392 g/mol. The largest absolute Gasteiger partial charge is 0.454 e. The zero-order valence-corrected chi connectivity index (χ0v) is 15.0. The molecule has 1 N–H and O–H groups in total. The van der Waals surface area contributed by atoms with Gasteiger partial charge >= 0.3 is 0 Å². The molecule has 1 atom stereocenters. The fourth-order valence-corrected chi connectivity index (χ4v) is 3.52. The third kappa shape index (κ3) is 3.06. The first-order valence-electron chi connectivity index (χ1n) is 7.98. The van der Waals surface area contributed by atoms with Crippen molar-refractivity contribution in [2.75, 3.05) is 23.6 Å². The Balaban J connectivity index is 1.50. The van der Waals surface area contributed by atoms with Gasteiger partial charge in [-0.3, -0.25) is 9.59 Å². The molecular formula is C18H14Cl2N2O4. The summed E-state index contributed by atoms with van der Waals surface area (Å²) in [7, 11) is 0. The summed E-state index contributed by atoms with van der Waals surface area (Å²) in [5, 5.41) is 3.43. The van der Waals surface area contributed by atoms with E-state index in [1.54, 1.807) is 41.3 Å². The number of carbonyl (C=O) groups is 2. The second kappa shape index (κ2) is 6.70. The Morgan fingerprint density at radius 3 is 2.62 bits per heavy atom. The quantitative estimate of drug-likeness (QED) is 0.864. The Bertz CT molecular complexity index is 883. The molecule has 2 amide bonds. The van der Waals surface area contributed by atoms with Gasteiger partial charge in [0.1, 0.15) is 0 Å². The summed E-state index contributed by atoms with van der Waals surface area (Å²) >= 11 is 12.2. The molecule has 2 aliphatic heterocycles. The normalized spacial score (nSPS) is 18.3. The first-order valence-corrected chi connectivity index (χ1v) is 8.73. The number of hydrogen-bond acceptors (Lipinski definition) is 4. The Hall–Kier alpha value is -2.44. The van der Waals surface area contributed by atoms with Crippen LogP contribution in [0.4, 0.5) is 11.4 Å². The number of amides is 2. The smallest absolute Gasteiger partial charge is 0.231 e. The second-order valence-electron chi connectivity index (χ2n) is 6.03. The van der Waals surface area contributed by atoms with Gasteiger partial charge in [-0.1, -0.05) is 29.3 Å². The Labute approximate surface area is 159 Å². The van der Waals surface area contributed by atoms with Crippen molar-refractivity contribution in [3.8, 4) is 11.5 Å². The zero-order chi connectivity index (χ0) is 18.3. The van der Waals surface area contributed by atoms with Gasteiger partial charge in [-0.15, -0.1) is 0 Å². The highest BCUT2D eigenvalue weighted by Crippen LogP contribution is 2.37. The van der Waals surface area contributed by atoms with Crippen molar-refractivity contribution in [3.63, 3.8) is 0 Å². The molecule has 2 heterocycles. The van der Waals surface area contributed by atoms with Crippen molar-refractivity contribution in [1.82, 2.24) is 0 Å². The Morgan fingerprint density at radius 2 is 1.85 bits per heavy atom. The predicted octanol–water partition coefficient (Wildman–Crippen LogP) is 3.71. The van der Waals surface area contributed by atoms with Gasteiger partial charge in [-0.2, -0.15) is 0 Å². The fourth-order valence-electron chi connectivity index (χ4n) is 3.03. The van der Waals surface area contributed by atoms with Crippen LogP contribution in [0.5, 0.6) is 11.5 Å². The van der Waals surface area contributed by atoms with Crippen molar-refractivity contribution in [3.05, 3.63) is 46.4 Å². The zero-order valence-electron chi connectivity index (χ0n) is 13.5. The standard InChI is InChI=1S/C18H14Cl2N2O4/c19-12-2-1-3-13(20)17(12)21-18(24)10-6-16(23)22(8-10)11-4-5-14-15(7-11)26-9-25-14/h1-5,7,10H,6,8-9H2,(H,21,24). The van der Waals surface area contributed by atoms with Crippen LogP contribution < -0.4 is 19.7 Å². The van der Waals surface area contributed by atoms with E-state index in [0.717, 1.165) is 0 Å². The van der Waals surface area contributed by atoms with Gasteiger partial charge in [0, 0.05) is 24.7 Å². The van der Waals surface area contributed by atoms with E-state index < -0.39 is 5.92 Å². The van der Waals surface area contributed by atoms with Crippen molar-refractivity contribution in [2.45, 2.75) is 6.42 Å². The van der Waals surface area contributed by atoms with E-state index in [4.69, 9.17) is 32.7 Å². The summed E-state index contributed by atoms with van der Waals surface area (Å²) in [5.41, 5.74) is 1.03. The van der Waals surface area contributed by atoms with Crippen LogP contribution in [0.15, 0.2) is 36.4 Å². The average molecular weight is 393 g/mol. The highest BCUT2D eigenvalue weighted by Gasteiger charge is 2.36. The van der Waals surface area contributed by atoms with Gasteiger partial charge in [-0.05, 0) is 24.3 Å². The number of fused-ring (bicyclic) bond motifs is 1. The third-order valence-electron chi connectivity index (χ3n) is 4.37. The lowest BCUT2D eigenvalue weighted by Gasteiger charge is -2.17. The molecular weight excluding hydrogens is 379 g/mol. The Morgan fingerprint density at radius 1 is 1.12 bits per heavy atom. The summed E-state index contributed by atoms with van der Waals surface area (Å²) in [5.74, 6) is 0.306. The Kier molecular flexibility index (Phi) is 4.38. The molecule has 134 valence electrons. The van der Waals surface area contributed by atoms with E-state index in [1.807, 2.05) is 0 Å². The summed E-state index contributed by atoms with van der Waals surface area (Å²) in [6.45, 7) is 0.433. The van der Waals surface area contributed by atoms with Gasteiger partial charge in [0.15, 0.2) is 11.5 Å². The summed E-state index contributed by atoms with van der Waals surface area (Å²) in [6, 6.07) is 10.2. The lowest BCUT2D eigenvalue weighted by atomic mass is 10.1. The second-order valence-corrected chi connectivity index (χ2v) is 6.84. The molecule has 2 aromatic carbocycles. The number of para-hydroxylation sites is 1. The van der Waals surface area contributed by atoms with Crippen LogP contribution in [0.2, 0.25) is 10.0 Å². The first kappa shape index (κ1) is 17.0. The van der Waals surface area contributed by atoms with Gasteiger partial charge in [-0.25, -0.2) is 0 Å². The van der Waals surface area contributed by atoms with E-state index in [2.05, 4.69) is 5.32 Å². The maximum absolute atomic E-state index is 12.6. The molecule has 0 saturated carbocycles. The van der Waals surface area contributed by atoms with Crippen molar-refractivity contribution >= 4 is 46.4 Å². The molecule has 1 fully saturated rings. The molecule has 0 aromatic heterocycles.